The maximum atomic E-state index is 12.5. The van der Waals surface area contributed by atoms with E-state index in [1.165, 1.54) is 0 Å². The minimum atomic E-state index is 0.154. The van der Waals surface area contributed by atoms with Gasteiger partial charge in [0, 0.05) is 18.5 Å². The molecule has 0 unspecified atom stereocenters. The smallest absolute Gasteiger partial charge is 0.228 e. The zero-order chi connectivity index (χ0) is 15.4. The summed E-state index contributed by atoms with van der Waals surface area (Å²) < 4.78 is 5.27. The van der Waals surface area contributed by atoms with E-state index in [-0.39, 0.29) is 5.91 Å². The second-order valence-corrected chi connectivity index (χ2v) is 5.93. The van der Waals surface area contributed by atoms with Crippen LogP contribution in [-0.4, -0.2) is 42.1 Å². The number of likely N-dealkylation sites (tertiary alicyclic amines) is 1. The Bertz CT molecular complexity index is 630. The number of amides is 1. The first-order valence-electron chi connectivity index (χ1n) is 8.09. The lowest BCUT2D eigenvalue weighted by Gasteiger charge is -2.32. The van der Waals surface area contributed by atoms with Gasteiger partial charge in [-0.05, 0) is 44.0 Å². The van der Waals surface area contributed by atoms with Gasteiger partial charge in [0.25, 0.3) is 0 Å². The number of carbonyl (C=O) groups is 1. The number of aromatic nitrogens is 1. The van der Waals surface area contributed by atoms with Gasteiger partial charge in [-0.1, -0.05) is 24.2 Å². The average molecular weight is 301 g/mol. The van der Waals surface area contributed by atoms with Gasteiger partial charge in [-0.25, -0.2) is 0 Å². The van der Waals surface area contributed by atoms with Crippen LogP contribution in [-0.2, 0) is 11.2 Å². The molecule has 22 heavy (non-hydrogen) atoms. The Morgan fingerprint density at radius 2 is 2.14 bits per heavy atom. The van der Waals surface area contributed by atoms with E-state index in [2.05, 4.69) is 17.4 Å². The van der Waals surface area contributed by atoms with Crippen LogP contribution in [0.15, 0.2) is 28.8 Å². The number of fused-ring (bicyclic) bond motifs is 1. The Kier molecular flexibility index (Phi) is 4.73. The molecule has 0 saturated carbocycles. The molecule has 5 nitrogen and oxygen atoms in total. The van der Waals surface area contributed by atoms with Crippen molar-refractivity contribution in [2.45, 2.75) is 26.2 Å². The molecule has 2 heterocycles. The van der Waals surface area contributed by atoms with Crippen LogP contribution in [0.25, 0.3) is 11.0 Å². The summed E-state index contributed by atoms with van der Waals surface area (Å²) in [5.74, 6) is 0.845. The molecule has 1 aliphatic heterocycles. The molecule has 1 saturated heterocycles. The van der Waals surface area contributed by atoms with Gasteiger partial charge in [-0.2, -0.15) is 0 Å². The van der Waals surface area contributed by atoms with E-state index in [0.29, 0.717) is 12.3 Å². The molecule has 0 bridgehead atoms. The Balaban J connectivity index is 1.57. The number of benzene rings is 1. The summed E-state index contributed by atoms with van der Waals surface area (Å²) in [5.41, 5.74) is 1.49. The number of hydrogen-bond acceptors (Lipinski definition) is 4. The summed E-state index contributed by atoms with van der Waals surface area (Å²) in [6.45, 7) is 5.90. The number of nitrogens with zero attached hydrogens (tertiary/aromatic N) is 2. The third-order valence-electron chi connectivity index (χ3n) is 4.42. The highest BCUT2D eigenvalue weighted by atomic mass is 16.5. The van der Waals surface area contributed by atoms with E-state index in [4.69, 9.17) is 4.52 Å². The van der Waals surface area contributed by atoms with Crippen LogP contribution in [0.3, 0.4) is 0 Å². The predicted octanol–water partition coefficient (Wildman–Crippen LogP) is 2.22. The first kappa shape index (κ1) is 15.0. The van der Waals surface area contributed by atoms with Gasteiger partial charge in [-0.3, -0.25) is 4.79 Å². The number of carbonyl (C=O) groups excluding carboxylic acids is 1. The second kappa shape index (κ2) is 6.92. The largest absolute Gasteiger partial charge is 0.356 e. The summed E-state index contributed by atoms with van der Waals surface area (Å²) in [6, 6.07) is 7.69. The molecule has 1 N–H and O–H groups in total. The first-order chi connectivity index (χ1) is 10.8. The fourth-order valence-electron chi connectivity index (χ4n) is 3.06. The van der Waals surface area contributed by atoms with Crippen molar-refractivity contribution in [2.24, 2.45) is 5.92 Å². The van der Waals surface area contributed by atoms with Crippen LogP contribution >= 0.6 is 0 Å². The molecular formula is C17H23N3O2. The van der Waals surface area contributed by atoms with E-state index < -0.39 is 0 Å². The minimum Gasteiger partial charge on any atom is -0.356 e. The second-order valence-electron chi connectivity index (χ2n) is 5.93. The Labute approximate surface area is 130 Å². The quantitative estimate of drug-likeness (QED) is 0.920. The van der Waals surface area contributed by atoms with Gasteiger partial charge in [0.15, 0.2) is 5.58 Å². The Morgan fingerprint density at radius 1 is 1.36 bits per heavy atom. The van der Waals surface area contributed by atoms with Crippen molar-refractivity contribution in [2.75, 3.05) is 26.2 Å². The fraction of sp³-hybridized carbons (Fsp3) is 0.529. The van der Waals surface area contributed by atoms with Crippen LogP contribution in [0.2, 0.25) is 0 Å². The lowest BCUT2D eigenvalue weighted by Crippen LogP contribution is -2.41. The summed E-state index contributed by atoms with van der Waals surface area (Å²) in [4.78, 5) is 14.4. The average Bonchev–Trinajstić information content (AvgIpc) is 2.96. The molecule has 5 heteroatoms. The highest BCUT2D eigenvalue weighted by molar-refractivity contribution is 5.86. The van der Waals surface area contributed by atoms with Crippen molar-refractivity contribution < 1.29 is 9.32 Å². The number of rotatable bonds is 5. The maximum Gasteiger partial charge on any atom is 0.228 e. The number of para-hydroxylation sites is 1. The standard InChI is InChI=1S/C17H23N3O2/c1-2-18-12-13-7-9-20(10-8-13)17(21)11-15-14-5-3-4-6-16(14)22-19-15/h3-6,13,18H,2,7-12H2,1H3. The fourth-order valence-corrected chi connectivity index (χ4v) is 3.06. The molecule has 0 radical (unpaired) electrons. The van der Waals surface area contributed by atoms with Crippen LogP contribution in [0, 0.1) is 5.92 Å². The van der Waals surface area contributed by atoms with E-state index in [0.717, 1.165) is 55.7 Å². The van der Waals surface area contributed by atoms with Crippen molar-refractivity contribution in [3.63, 3.8) is 0 Å². The van der Waals surface area contributed by atoms with Crippen molar-refractivity contribution in [3.8, 4) is 0 Å². The van der Waals surface area contributed by atoms with Crippen molar-refractivity contribution in [1.29, 1.82) is 0 Å². The van der Waals surface area contributed by atoms with Gasteiger partial charge < -0.3 is 14.7 Å². The first-order valence-corrected chi connectivity index (χ1v) is 8.09. The van der Waals surface area contributed by atoms with Gasteiger partial charge in [0.05, 0.1) is 6.42 Å². The molecule has 0 atom stereocenters. The molecular weight excluding hydrogens is 278 g/mol. The summed E-state index contributed by atoms with van der Waals surface area (Å²) in [5, 5.41) is 8.39. The van der Waals surface area contributed by atoms with Crippen LogP contribution in [0.4, 0.5) is 0 Å². The highest BCUT2D eigenvalue weighted by Crippen LogP contribution is 2.21. The van der Waals surface area contributed by atoms with Gasteiger partial charge in [0.2, 0.25) is 5.91 Å². The zero-order valence-electron chi connectivity index (χ0n) is 13.0. The predicted molar refractivity (Wildman–Crippen MR) is 85.6 cm³/mol. The highest BCUT2D eigenvalue weighted by Gasteiger charge is 2.23. The minimum absolute atomic E-state index is 0.154. The molecule has 2 aromatic rings. The number of hydrogen-bond donors (Lipinski definition) is 1. The monoisotopic (exact) mass is 301 g/mol. The maximum absolute atomic E-state index is 12.5. The van der Waals surface area contributed by atoms with Crippen molar-refractivity contribution in [1.82, 2.24) is 15.4 Å². The van der Waals surface area contributed by atoms with Crippen molar-refractivity contribution >= 4 is 16.9 Å². The SMILES string of the molecule is CCNCC1CCN(C(=O)Cc2noc3ccccc23)CC1. The molecule has 3 rings (SSSR count). The van der Waals surface area contributed by atoms with Gasteiger partial charge in [0.1, 0.15) is 5.69 Å². The summed E-state index contributed by atoms with van der Waals surface area (Å²) in [6.07, 6.45) is 2.49. The molecule has 0 spiro atoms. The molecule has 1 amide bonds. The third kappa shape index (κ3) is 3.30. The molecule has 1 aliphatic rings. The van der Waals surface area contributed by atoms with E-state index >= 15 is 0 Å². The van der Waals surface area contributed by atoms with E-state index in [1.807, 2.05) is 29.2 Å². The van der Waals surface area contributed by atoms with Crippen molar-refractivity contribution in [3.05, 3.63) is 30.0 Å². The zero-order valence-corrected chi connectivity index (χ0v) is 13.0. The lowest BCUT2D eigenvalue weighted by molar-refractivity contribution is -0.131. The van der Waals surface area contributed by atoms with Gasteiger partial charge >= 0.3 is 0 Å². The van der Waals surface area contributed by atoms with Gasteiger partial charge in [-0.15, -0.1) is 0 Å². The number of piperidine rings is 1. The summed E-state index contributed by atoms with van der Waals surface area (Å²) in [7, 11) is 0. The topological polar surface area (TPSA) is 58.4 Å². The van der Waals surface area contributed by atoms with Crippen LogP contribution in [0.5, 0.6) is 0 Å². The number of nitrogens with one attached hydrogen (secondary N) is 1. The Morgan fingerprint density at radius 3 is 2.91 bits per heavy atom. The van der Waals surface area contributed by atoms with Crippen LogP contribution in [0.1, 0.15) is 25.5 Å². The third-order valence-corrected chi connectivity index (χ3v) is 4.42. The molecule has 1 aromatic carbocycles. The molecule has 1 fully saturated rings. The lowest BCUT2D eigenvalue weighted by atomic mass is 9.96. The van der Waals surface area contributed by atoms with E-state index in [9.17, 15) is 4.79 Å². The normalized spacial score (nSPS) is 16.3. The molecule has 118 valence electrons. The van der Waals surface area contributed by atoms with E-state index in [1.54, 1.807) is 0 Å². The molecule has 0 aliphatic carbocycles. The molecule has 1 aromatic heterocycles. The Hall–Kier alpha value is -1.88. The van der Waals surface area contributed by atoms with Crippen LogP contribution < -0.4 is 5.32 Å². The summed E-state index contributed by atoms with van der Waals surface area (Å²) >= 11 is 0.